The van der Waals surface area contributed by atoms with E-state index in [1.54, 1.807) is 13.8 Å². The number of para-hydroxylation sites is 3. The molecule has 0 fully saturated rings. The molecule has 39 heavy (non-hydrogen) atoms. The van der Waals surface area contributed by atoms with Gasteiger partial charge in [-0.3, -0.25) is 0 Å². The van der Waals surface area contributed by atoms with Crippen LogP contribution in [0.1, 0.15) is 53.9 Å². The van der Waals surface area contributed by atoms with Gasteiger partial charge in [-0.05, 0) is 43.2 Å². The molecule has 5 aromatic rings. The lowest BCUT2D eigenvalue weighted by atomic mass is 9.92. The summed E-state index contributed by atoms with van der Waals surface area (Å²) in [4.78, 5) is 2.04. The molecule has 0 heterocycles. The number of aliphatic hydroxyl groups is 3. The minimum atomic E-state index is -1.14. The monoisotopic (exact) mass is 515 g/mol. The van der Waals surface area contributed by atoms with Crippen molar-refractivity contribution in [1.29, 1.82) is 0 Å². The van der Waals surface area contributed by atoms with Gasteiger partial charge in [0, 0.05) is 16.7 Å². The van der Waals surface area contributed by atoms with Crippen LogP contribution >= 0.6 is 0 Å². The summed E-state index contributed by atoms with van der Waals surface area (Å²) in [6.45, 7) is 3.53. The van der Waals surface area contributed by atoms with Gasteiger partial charge >= 0.3 is 0 Å². The number of nitrogens with zero attached hydrogens (tertiary/aromatic N) is 1. The van der Waals surface area contributed by atoms with Gasteiger partial charge < -0.3 is 20.2 Å². The third-order valence-electron chi connectivity index (χ3n) is 6.98. The molecule has 196 valence electrons. The minimum Gasteiger partial charge on any atom is -0.386 e. The Labute approximate surface area is 230 Å². The van der Waals surface area contributed by atoms with Crippen molar-refractivity contribution in [1.82, 2.24) is 0 Å². The van der Waals surface area contributed by atoms with Crippen LogP contribution in [0.15, 0.2) is 133 Å². The predicted octanol–water partition coefficient (Wildman–Crippen LogP) is 7.55. The zero-order chi connectivity index (χ0) is 27.4. The maximum atomic E-state index is 11.6. The first-order valence-corrected chi connectivity index (χ1v) is 13.1. The van der Waals surface area contributed by atoms with Crippen molar-refractivity contribution in [3.05, 3.63) is 161 Å². The number of benzene rings is 5. The van der Waals surface area contributed by atoms with Crippen LogP contribution in [0.2, 0.25) is 0 Å². The SMILES string of the molecule is CC(C)(O)c1ccccc1N(c1ccccc1C(O)c1ccccc1)c1ccccc1C(O)c1ccccc1. The average Bonchev–Trinajstić information content (AvgIpc) is 2.98. The zero-order valence-electron chi connectivity index (χ0n) is 22.1. The van der Waals surface area contributed by atoms with Gasteiger partial charge in [0.05, 0.1) is 22.7 Å². The maximum Gasteiger partial charge on any atom is 0.106 e. The molecule has 0 bridgehead atoms. The summed E-state index contributed by atoms with van der Waals surface area (Å²) in [6, 6.07) is 42.3. The van der Waals surface area contributed by atoms with E-state index < -0.39 is 17.8 Å². The van der Waals surface area contributed by atoms with E-state index in [1.807, 2.05) is 138 Å². The number of hydrogen-bond donors (Lipinski definition) is 3. The van der Waals surface area contributed by atoms with E-state index >= 15 is 0 Å². The molecule has 3 N–H and O–H groups in total. The van der Waals surface area contributed by atoms with Crippen molar-refractivity contribution in [3.63, 3.8) is 0 Å². The highest BCUT2D eigenvalue weighted by Gasteiger charge is 2.29. The van der Waals surface area contributed by atoms with Crippen molar-refractivity contribution in [2.75, 3.05) is 4.90 Å². The lowest BCUT2D eigenvalue weighted by Gasteiger charge is -2.35. The normalized spacial score (nSPS) is 13.1. The summed E-state index contributed by atoms with van der Waals surface area (Å²) in [5.74, 6) is 0. The maximum absolute atomic E-state index is 11.6. The Morgan fingerprint density at radius 2 is 0.846 bits per heavy atom. The first kappa shape index (κ1) is 26.4. The minimum absolute atomic E-state index is 0.707. The Balaban J connectivity index is 1.78. The summed E-state index contributed by atoms with van der Waals surface area (Å²) in [5, 5.41) is 34.4. The van der Waals surface area contributed by atoms with Crippen LogP contribution in [0.5, 0.6) is 0 Å². The highest BCUT2D eigenvalue weighted by molar-refractivity contribution is 5.83. The van der Waals surface area contributed by atoms with Gasteiger partial charge in [0.25, 0.3) is 0 Å². The molecule has 4 heteroatoms. The third-order valence-corrected chi connectivity index (χ3v) is 6.98. The second kappa shape index (κ2) is 11.3. The molecule has 0 radical (unpaired) electrons. The van der Waals surface area contributed by atoms with E-state index in [2.05, 4.69) is 0 Å². The second-order valence-corrected chi connectivity index (χ2v) is 10.2. The lowest BCUT2D eigenvalue weighted by Crippen LogP contribution is -2.23. The van der Waals surface area contributed by atoms with Crippen LogP contribution in [0, 0.1) is 0 Å². The topological polar surface area (TPSA) is 63.9 Å². The average molecular weight is 516 g/mol. The van der Waals surface area contributed by atoms with Crippen molar-refractivity contribution < 1.29 is 15.3 Å². The quantitative estimate of drug-likeness (QED) is 0.200. The van der Waals surface area contributed by atoms with Crippen LogP contribution in [-0.2, 0) is 5.60 Å². The molecule has 2 unspecified atom stereocenters. The molecule has 5 aromatic carbocycles. The highest BCUT2D eigenvalue weighted by atomic mass is 16.3. The number of anilines is 3. The van der Waals surface area contributed by atoms with Crippen molar-refractivity contribution in [2.24, 2.45) is 0 Å². The molecule has 0 aliphatic carbocycles. The number of aliphatic hydroxyl groups excluding tert-OH is 2. The van der Waals surface area contributed by atoms with E-state index in [0.717, 1.165) is 33.8 Å². The van der Waals surface area contributed by atoms with Gasteiger partial charge in [0.15, 0.2) is 0 Å². The van der Waals surface area contributed by atoms with Crippen LogP contribution < -0.4 is 4.90 Å². The molecule has 0 saturated heterocycles. The summed E-state index contributed by atoms with van der Waals surface area (Å²) in [6.07, 6.45) is -1.77. The Kier molecular flexibility index (Phi) is 7.62. The Bertz CT molecular complexity index is 1440. The Morgan fingerprint density at radius 1 is 0.487 bits per heavy atom. The fourth-order valence-electron chi connectivity index (χ4n) is 5.05. The van der Waals surface area contributed by atoms with Crippen molar-refractivity contribution in [2.45, 2.75) is 31.7 Å². The largest absolute Gasteiger partial charge is 0.386 e. The van der Waals surface area contributed by atoms with Crippen LogP contribution in [-0.4, -0.2) is 15.3 Å². The van der Waals surface area contributed by atoms with E-state index in [0.29, 0.717) is 11.1 Å². The van der Waals surface area contributed by atoms with E-state index in [9.17, 15) is 15.3 Å². The standard InChI is InChI=1S/C35H33NO3/c1-35(2,39)29-21-11-14-24-32(29)36(30-22-12-9-19-27(30)33(37)25-15-5-3-6-16-25)31-23-13-10-20-28(31)34(38)26-17-7-4-8-18-26/h3-24,33-34,37-39H,1-2H3. The molecule has 0 aromatic heterocycles. The molecule has 2 atom stereocenters. The van der Waals surface area contributed by atoms with Gasteiger partial charge in [0.2, 0.25) is 0 Å². The number of hydrogen-bond acceptors (Lipinski definition) is 4. The van der Waals surface area contributed by atoms with Gasteiger partial charge in [0.1, 0.15) is 12.2 Å². The predicted molar refractivity (Wildman–Crippen MR) is 157 cm³/mol. The fourth-order valence-corrected chi connectivity index (χ4v) is 5.05. The molecule has 0 aliphatic rings. The first-order chi connectivity index (χ1) is 18.9. The number of rotatable bonds is 8. The van der Waals surface area contributed by atoms with Gasteiger partial charge in [-0.25, -0.2) is 0 Å². The first-order valence-electron chi connectivity index (χ1n) is 13.1. The van der Waals surface area contributed by atoms with Crippen LogP contribution in [0.4, 0.5) is 17.1 Å². The zero-order valence-corrected chi connectivity index (χ0v) is 22.1. The third kappa shape index (κ3) is 5.50. The Morgan fingerprint density at radius 3 is 1.28 bits per heavy atom. The molecular formula is C35H33NO3. The molecule has 5 rings (SSSR count). The van der Waals surface area contributed by atoms with Gasteiger partial charge in [-0.15, -0.1) is 0 Å². The van der Waals surface area contributed by atoms with Crippen LogP contribution in [0.25, 0.3) is 0 Å². The summed E-state index contributed by atoms with van der Waals surface area (Å²) >= 11 is 0. The second-order valence-electron chi connectivity index (χ2n) is 10.2. The van der Waals surface area contributed by atoms with Gasteiger partial charge in [-0.1, -0.05) is 115 Å². The van der Waals surface area contributed by atoms with E-state index in [1.165, 1.54) is 0 Å². The van der Waals surface area contributed by atoms with E-state index in [-0.39, 0.29) is 0 Å². The fraction of sp³-hybridized carbons (Fsp3) is 0.143. The molecule has 0 saturated carbocycles. The lowest BCUT2D eigenvalue weighted by molar-refractivity contribution is 0.0792. The Hall–Kier alpha value is -4.22. The molecular weight excluding hydrogens is 482 g/mol. The highest BCUT2D eigenvalue weighted by Crippen LogP contribution is 2.46. The molecule has 0 aliphatic heterocycles. The molecule has 0 amide bonds. The van der Waals surface area contributed by atoms with Crippen molar-refractivity contribution in [3.8, 4) is 0 Å². The smallest absolute Gasteiger partial charge is 0.106 e. The summed E-state index contributed by atoms with van der Waals surface area (Å²) in [7, 11) is 0. The van der Waals surface area contributed by atoms with Gasteiger partial charge in [-0.2, -0.15) is 0 Å². The van der Waals surface area contributed by atoms with Crippen molar-refractivity contribution >= 4 is 17.1 Å². The summed E-state index contributed by atoms with van der Waals surface area (Å²) in [5.41, 5.74) is 4.79. The summed E-state index contributed by atoms with van der Waals surface area (Å²) < 4.78 is 0. The molecule has 4 nitrogen and oxygen atoms in total. The van der Waals surface area contributed by atoms with Crippen LogP contribution in [0.3, 0.4) is 0 Å². The van der Waals surface area contributed by atoms with E-state index in [4.69, 9.17) is 0 Å². The molecule has 0 spiro atoms.